The van der Waals surface area contributed by atoms with E-state index in [1.54, 1.807) is 0 Å². The van der Waals surface area contributed by atoms with Crippen LogP contribution in [-0.2, 0) is 16.1 Å². The van der Waals surface area contributed by atoms with Gasteiger partial charge in [-0.15, -0.1) is 0 Å². The molecule has 0 aliphatic rings. The average Bonchev–Trinajstić information content (AvgIpc) is 2.99. The van der Waals surface area contributed by atoms with Gasteiger partial charge in [-0.1, -0.05) is 0 Å². The molecule has 0 spiro atoms. The molecule has 21 heavy (non-hydrogen) atoms. The van der Waals surface area contributed by atoms with Crippen molar-refractivity contribution < 1.29 is 9.53 Å². The predicted octanol–water partition coefficient (Wildman–Crippen LogP) is 1.39. The van der Waals surface area contributed by atoms with E-state index in [9.17, 15) is 4.79 Å². The normalized spacial score (nSPS) is 11.2. The second-order valence-corrected chi connectivity index (χ2v) is 4.64. The number of methoxy groups -OCH3 is 1. The minimum Gasteiger partial charge on any atom is -0.469 e. The highest BCUT2D eigenvalue weighted by molar-refractivity contribution is 5.79. The number of nitrogens with one attached hydrogen (secondary N) is 2. The molecule has 0 atom stereocenters. The fraction of sp³-hybridized carbons (Fsp3) is 0.600. The van der Waals surface area contributed by atoms with Crippen molar-refractivity contribution in [3.8, 4) is 0 Å². The number of aliphatic imine (C=N–C) groups is 1. The average molecular weight is 294 g/mol. The predicted molar refractivity (Wildman–Crippen MR) is 84.3 cm³/mol. The third-order valence-electron chi connectivity index (χ3n) is 2.96. The number of hydrogen-bond acceptors (Lipinski definition) is 3. The summed E-state index contributed by atoms with van der Waals surface area (Å²) in [6.07, 6.45) is 6.23. The molecule has 0 aliphatic carbocycles. The maximum atomic E-state index is 11.0. The van der Waals surface area contributed by atoms with E-state index in [0.29, 0.717) is 13.0 Å². The molecule has 6 heteroatoms. The van der Waals surface area contributed by atoms with Crippen LogP contribution in [0.2, 0.25) is 0 Å². The van der Waals surface area contributed by atoms with Crippen molar-refractivity contribution in [2.45, 2.75) is 32.7 Å². The third-order valence-corrected chi connectivity index (χ3v) is 2.96. The van der Waals surface area contributed by atoms with E-state index >= 15 is 0 Å². The molecule has 0 amide bonds. The van der Waals surface area contributed by atoms with Crippen molar-refractivity contribution in [1.82, 2.24) is 15.2 Å². The third kappa shape index (κ3) is 8.02. The molecule has 118 valence electrons. The first-order chi connectivity index (χ1) is 10.3. The monoisotopic (exact) mass is 294 g/mol. The summed E-state index contributed by atoms with van der Waals surface area (Å²) in [6.45, 7) is 5.30. The Morgan fingerprint density at radius 3 is 2.67 bits per heavy atom. The second kappa shape index (κ2) is 10.8. The molecule has 0 saturated heterocycles. The fourth-order valence-electron chi connectivity index (χ4n) is 1.84. The minimum absolute atomic E-state index is 0.157. The lowest BCUT2D eigenvalue weighted by molar-refractivity contribution is -0.140. The highest BCUT2D eigenvalue weighted by Gasteiger charge is 2.00. The van der Waals surface area contributed by atoms with E-state index in [1.165, 1.54) is 7.11 Å². The molecule has 0 aliphatic heterocycles. The standard InChI is InChI=1S/C15H26N4O2/c1-3-16-15(17-9-5-4-8-14(20)21-2)18-10-13-19-11-6-7-12-19/h6-7,11-12H,3-5,8-10,13H2,1-2H3,(H2,16,17,18). The Hall–Kier alpha value is -1.98. The van der Waals surface area contributed by atoms with Crippen LogP contribution in [-0.4, -0.2) is 43.2 Å². The minimum atomic E-state index is -0.157. The van der Waals surface area contributed by atoms with Crippen molar-refractivity contribution >= 4 is 11.9 Å². The SMILES string of the molecule is CCNC(=NCCCCC(=O)OC)NCCn1cccc1. The number of ether oxygens (including phenoxy) is 1. The first-order valence-corrected chi connectivity index (χ1v) is 7.46. The summed E-state index contributed by atoms with van der Waals surface area (Å²) >= 11 is 0. The van der Waals surface area contributed by atoms with Gasteiger partial charge in [0.2, 0.25) is 0 Å². The van der Waals surface area contributed by atoms with Crippen molar-refractivity contribution in [3.63, 3.8) is 0 Å². The molecule has 0 aromatic carbocycles. The number of nitrogens with zero attached hydrogens (tertiary/aromatic N) is 2. The Morgan fingerprint density at radius 1 is 1.24 bits per heavy atom. The molecular formula is C15H26N4O2. The number of carbonyl (C=O) groups excluding carboxylic acids is 1. The van der Waals surface area contributed by atoms with Crippen LogP contribution in [0.15, 0.2) is 29.5 Å². The number of aromatic nitrogens is 1. The van der Waals surface area contributed by atoms with E-state index in [1.807, 2.05) is 31.5 Å². The smallest absolute Gasteiger partial charge is 0.305 e. The quantitative estimate of drug-likeness (QED) is 0.312. The molecule has 6 nitrogen and oxygen atoms in total. The molecule has 1 heterocycles. The number of unbranched alkanes of at least 4 members (excludes halogenated alkanes) is 1. The zero-order valence-electron chi connectivity index (χ0n) is 13.0. The zero-order valence-corrected chi connectivity index (χ0v) is 13.0. The number of carbonyl (C=O) groups is 1. The number of rotatable bonds is 9. The van der Waals surface area contributed by atoms with Gasteiger partial charge in [-0.05, 0) is 31.9 Å². The summed E-state index contributed by atoms with van der Waals surface area (Å²) in [5.41, 5.74) is 0. The molecule has 1 aromatic heterocycles. The van der Waals surface area contributed by atoms with E-state index in [4.69, 9.17) is 0 Å². The summed E-state index contributed by atoms with van der Waals surface area (Å²) < 4.78 is 6.72. The Labute approximate surface area is 126 Å². The van der Waals surface area contributed by atoms with Crippen LogP contribution in [0.25, 0.3) is 0 Å². The first-order valence-electron chi connectivity index (χ1n) is 7.46. The fourth-order valence-corrected chi connectivity index (χ4v) is 1.84. The van der Waals surface area contributed by atoms with E-state index in [2.05, 4.69) is 24.9 Å². The van der Waals surface area contributed by atoms with Gasteiger partial charge in [-0.2, -0.15) is 0 Å². The van der Waals surface area contributed by atoms with Crippen LogP contribution < -0.4 is 10.6 Å². The number of guanidine groups is 1. The Kier molecular flexibility index (Phi) is 8.75. The molecular weight excluding hydrogens is 268 g/mol. The lowest BCUT2D eigenvalue weighted by Gasteiger charge is -2.11. The van der Waals surface area contributed by atoms with Crippen LogP contribution in [0.4, 0.5) is 0 Å². The van der Waals surface area contributed by atoms with Crippen molar-refractivity contribution in [2.24, 2.45) is 4.99 Å². The number of hydrogen-bond donors (Lipinski definition) is 2. The van der Waals surface area contributed by atoms with Crippen molar-refractivity contribution in [2.75, 3.05) is 26.7 Å². The topological polar surface area (TPSA) is 67.7 Å². The van der Waals surface area contributed by atoms with Crippen LogP contribution in [0, 0.1) is 0 Å². The zero-order chi connectivity index (χ0) is 15.3. The highest BCUT2D eigenvalue weighted by Crippen LogP contribution is 1.97. The van der Waals surface area contributed by atoms with Gasteiger partial charge in [-0.3, -0.25) is 9.79 Å². The summed E-state index contributed by atoms with van der Waals surface area (Å²) in [6, 6.07) is 4.03. The lowest BCUT2D eigenvalue weighted by atomic mass is 10.2. The van der Waals surface area contributed by atoms with Gasteiger partial charge in [0, 0.05) is 45.0 Å². The van der Waals surface area contributed by atoms with Gasteiger partial charge >= 0.3 is 5.97 Å². The summed E-state index contributed by atoms with van der Waals surface area (Å²) in [7, 11) is 1.42. The van der Waals surface area contributed by atoms with Gasteiger partial charge in [0.25, 0.3) is 0 Å². The molecule has 0 radical (unpaired) electrons. The highest BCUT2D eigenvalue weighted by atomic mass is 16.5. The Bertz CT molecular complexity index is 415. The molecule has 0 fully saturated rings. The van der Waals surface area contributed by atoms with Gasteiger partial charge < -0.3 is 19.9 Å². The van der Waals surface area contributed by atoms with Gasteiger partial charge in [0.1, 0.15) is 0 Å². The largest absolute Gasteiger partial charge is 0.469 e. The summed E-state index contributed by atoms with van der Waals surface area (Å²) in [5.74, 6) is 0.665. The Balaban J connectivity index is 2.20. The van der Waals surface area contributed by atoms with E-state index in [-0.39, 0.29) is 5.97 Å². The van der Waals surface area contributed by atoms with Crippen LogP contribution in [0.1, 0.15) is 26.2 Å². The van der Waals surface area contributed by atoms with Crippen molar-refractivity contribution in [1.29, 1.82) is 0 Å². The summed E-state index contributed by atoms with van der Waals surface area (Å²) in [5, 5.41) is 6.51. The first kappa shape index (κ1) is 17.1. The molecule has 0 saturated carbocycles. The summed E-state index contributed by atoms with van der Waals surface area (Å²) in [4.78, 5) is 15.5. The molecule has 1 rings (SSSR count). The Morgan fingerprint density at radius 2 is 2.00 bits per heavy atom. The molecule has 0 unspecified atom stereocenters. The lowest BCUT2D eigenvalue weighted by Crippen LogP contribution is -2.38. The molecule has 2 N–H and O–H groups in total. The van der Waals surface area contributed by atoms with Gasteiger partial charge in [0.15, 0.2) is 5.96 Å². The maximum Gasteiger partial charge on any atom is 0.305 e. The van der Waals surface area contributed by atoms with Crippen molar-refractivity contribution in [3.05, 3.63) is 24.5 Å². The van der Waals surface area contributed by atoms with Gasteiger partial charge in [-0.25, -0.2) is 0 Å². The molecule has 1 aromatic rings. The second-order valence-electron chi connectivity index (χ2n) is 4.64. The van der Waals surface area contributed by atoms with Crippen LogP contribution in [0.3, 0.4) is 0 Å². The molecule has 0 bridgehead atoms. The van der Waals surface area contributed by atoms with Gasteiger partial charge in [0.05, 0.1) is 7.11 Å². The van der Waals surface area contributed by atoms with E-state index in [0.717, 1.165) is 38.4 Å². The van der Waals surface area contributed by atoms with E-state index < -0.39 is 0 Å². The maximum absolute atomic E-state index is 11.0. The number of esters is 1. The van der Waals surface area contributed by atoms with Crippen LogP contribution >= 0.6 is 0 Å². The van der Waals surface area contributed by atoms with Crippen LogP contribution in [0.5, 0.6) is 0 Å².